The molecule has 0 bridgehead atoms. The molecular formula is C24H21N5O2. The Kier molecular flexibility index (Phi) is 5.37. The van der Waals surface area contributed by atoms with E-state index in [4.69, 9.17) is 11.3 Å². The molecule has 31 heavy (non-hydrogen) atoms. The van der Waals surface area contributed by atoms with Gasteiger partial charge in [-0.05, 0) is 64.7 Å². The second kappa shape index (κ2) is 8.28. The van der Waals surface area contributed by atoms with Crippen molar-refractivity contribution in [3.8, 4) is 22.6 Å². The van der Waals surface area contributed by atoms with Crippen molar-refractivity contribution in [2.45, 2.75) is 20.5 Å². The van der Waals surface area contributed by atoms with Crippen LogP contribution in [0.15, 0.2) is 65.5 Å². The fourth-order valence-corrected chi connectivity index (χ4v) is 3.41. The van der Waals surface area contributed by atoms with Gasteiger partial charge in [-0.15, -0.1) is 0 Å². The Morgan fingerprint density at radius 1 is 0.968 bits per heavy atom. The molecule has 0 atom stereocenters. The summed E-state index contributed by atoms with van der Waals surface area (Å²) in [6.07, 6.45) is 0. The van der Waals surface area contributed by atoms with Crippen molar-refractivity contribution in [2.75, 3.05) is 0 Å². The van der Waals surface area contributed by atoms with E-state index in [-0.39, 0.29) is 5.69 Å². The molecule has 0 spiro atoms. The number of hydrogen-bond donors (Lipinski definition) is 0. The van der Waals surface area contributed by atoms with Crippen molar-refractivity contribution in [1.29, 1.82) is 0 Å². The molecule has 0 aliphatic rings. The van der Waals surface area contributed by atoms with Crippen molar-refractivity contribution in [2.24, 2.45) is 7.05 Å². The minimum absolute atomic E-state index is 0.297. The minimum Gasteiger partial charge on any atom is -0.489 e. The molecule has 0 amide bonds. The van der Waals surface area contributed by atoms with Gasteiger partial charge in [-0.3, -0.25) is 0 Å². The second-order valence-electron chi connectivity index (χ2n) is 7.30. The molecule has 0 saturated carbocycles. The Balaban J connectivity index is 1.59. The van der Waals surface area contributed by atoms with Crippen LogP contribution in [0.25, 0.3) is 21.7 Å². The second-order valence-corrected chi connectivity index (χ2v) is 7.30. The van der Waals surface area contributed by atoms with Gasteiger partial charge in [0.25, 0.3) is 0 Å². The number of aryl methyl sites for hydroxylation is 3. The minimum atomic E-state index is -0.309. The molecule has 0 aliphatic carbocycles. The van der Waals surface area contributed by atoms with Crippen molar-refractivity contribution in [3.05, 3.63) is 99.3 Å². The molecule has 0 fully saturated rings. The van der Waals surface area contributed by atoms with Crippen LogP contribution in [0.3, 0.4) is 0 Å². The Morgan fingerprint density at radius 2 is 1.71 bits per heavy atom. The van der Waals surface area contributed by atoms with E-state index in [1.54, 1.807) is 7.05 Å². The van der Waals surface area contributed by atoms with E-state index >= 15 is 0 Å². The first-order chi connectivity index (χ1) is 15.0. The fourth-order valence-electron chi connectivity index (χ4n) is 3.41. The predicted molar refractivity (Wildman–Crippen MR) is 119 cm³/mol. The van der Waals surface area contributed by atoms with Gasteiger partial charge in [-0.1, -0.05) is 42.5 Å². The first kappa shape index (κ1) is 20.1. The number of benzene rings is 3. The van der Waals surface area contributed by atoms with Crippen LogP contribution in [0.2, 0.25) is 0 Å². The van der Waals surface area contributed by atoms with Crippen LogP contribution in [0, 0.1) is 20.4 Å². The predicted octanol–water partition coefficient (Wildman–Crippen LogP) is 4.38. The van der Waals surface area contributed by atoms with Crippen LogP contribution in [-0.2, 0) is 13.7 Å². The SMILES string of the molecule is [C-]#[N+]c1ccc(-c2ccc(OCc3c(C)cccc3-n3nnn(C)c3=O)c(C)c2)cc1. The van der Waals surface area contributed by atoms with E-state index in [0.717, 1.165) is 33.6 Å². The van der Waals surface area contributed by atoms with Crippen LogP contribution in [0.4, 0.5) is 5.69 Å². The van der Waals surface area contributed by atoms with Gasteiger partial charge in [0, 0.05) is 12.6 Å². The summed E-state index contributed by atoms with van der Waals surface area (Å²) in [5, 5.41) is 7.77. The quantitative estimate of drug-likeness (QED) is 0.457. The summed E-state index contributed by atoms with van der Waals surface area (Å²) in [6, 6.07) is 19.2. The molecular weight excluding hydrogens is 390 g/mol. The summed E-state index contributed by atoms with van der Waals surface area (Å²) in [7, 11) is 1.57. The van der Waals surface area contributed by atoms with E-state index < -0.39 is 0 Å². The van der Waals surface area contributed by atoms with Gasteiger partial charge >= 0.3 is 5.69 Å². The molecule has 3 aromatic carbocycles. The lowest BCUT2D eigenvalue weighted by Crippen LogP contribution is -2.23. The lowest BCUT2D eigenvalue weighted by molar-refractivity contribution is 0.302. The van der Waals surface area contributed by atoms with Gasteiger partial charge in [0.15, 0.2) is 5.69 Å². The third kappa shape index (κ3) is 3.96. The zero-order valence-electron chi connectivity index (χ0n) is 17.5. The van der Waals surface area contributed by atoms with Gasteiger partial charge in [-0.25, -0.2) is 9.64 Å². The first-order valence-electron chi connectivity index (χ1n) is 9.77. The number of aromatic nitrogens is 4. The Morgan fingerprint density at radius 3 is 2.35 bits per heavy atom. The lowest BCUT2D eigenvalue weighted by atomic mass is 10.0. The summed E-state index contributed by atoms with van der Waals surface area (Å²) >= 11 is 0. The lowest BCUT2D eigenvalue weighted by Gasteiger charge is -2.15. The summed E-state index contributed by atoms with van der Waals surface area (Å²) in [6.45, 7) is 11.4. The van der Waals surface area contributed by atoms with E-state index in [2.05, 4.69) is 21.3 Å². The van der Waals surface area contributed by atoms with Crippen molar-refractivity contribution in [3.63, 3.8) is 0 Å². The molecule has 4 aromatic rings. The average Bonchev–Trinajstić information content (AvgIpc) is 3.11. The first-order valence-corrected chi connectivity index (χ1v) is 9.77. The van der Waals surface area contributed by atoms with Gasteiger partial charge < -0.3 is 4.74 Å². The maximum absolute atomic E-state index is 12.3. The summed E-state index contributed by atoms with van der Waals surface area (Å²) < 4.78 is 8.61. The molecule has 1 aromatic heterocycles. The maximum atomic E-state index is 12.3. The third-order valence-electron chi connectivity index (χ3n) is 5.21. The molecule has 7 heteroatoms. The van der Waals surface area contributed by atoms with Crippen molar-refractivity contribution < 1.29 is 4.74 Å². The molecule has 0 radical (unpaired) electrons. The van der Waals surface area contributed by atoms with Crippen LogP contribution in [0.5, 0.6) is 5.75 Å². The number of nitrogens with zero attached hydrogens (tertiary/aromatic N) is 5. The summed E-state index contributed by atoms with van der Waals surface area (Å²) in [5.74, 6) is 0.766. The van der Waals surface area contributed by atoms with Gasteiger partial charge in [0.1, 0.15) is 12.4 Å². The molecule has 7 nitrogen and oxygen atoms in total. The summed E-state index contributed by atoms with van der Waals surface area (Å²) in [5.41, 5.74) is 5.96. The molecule has 0 unspecified atom stereocenters. The molecule has 4 rings (SSSR count). The highest BCUT2D eigenvalue weighted by atomic mass is 16.5. The van der Waals surface area contributed by atoms with Crippen LogP contribution >= 0.6 is 0 Å². The van der Waals surface area contributed by atoms with Crippen LogP contribution in [0.1, 0.15) is 16.7 Å². The van der Waals surface area contributed by atoms with Gasteiger partial charge in [0.2, 0.25) is 0 Å². The van der Waals surface area contributed by atoms with E-state index in [9.17, 15) is 4.79 Å². The third-order valence-corrected chi connectivity index (χ3v) is 5.21. The van der Waals surface area contributed by atoms with Crippen molar-refractivity contribution >= 4 is 5.69 Å². The zero-order valence-corrected chi connectivity index (χ0v) is 17.5. The van der Waals surface area contributed by atoms with Crippen LogP contribution < -0.4 is 10.4 Å². The molecule has 0 saturated heterocycles. The molecule has 0 aliphatic heterocycles. The highest BCUT2D eigenvalue weighted by Gasteiger charge is 2.14. The largest absolute Gasteiger partial charge is 0.489 e. The smallest absolute Gasteiger partial charge is 0.368 e. The number of rotatable bonds is 5. The normalized spacial score (nSPS) is 10.6. The van der Waals surface area contributed by atoms with Gasteiger partial charge in [0.05, 0.1) is 12.3 Å². The molecule has 0 N–H and O–H groups in total. The topological polar surface area (TPSA) is 66.3 Å². The Hall–Kier alpha value is -4.18. The standard InChI is InChI=1S/C24H21N5O2/c1-16-6-5-7-22(29-24(30)28(4)26-27-29)21(16)15-31-23-13-10-19(14-17(23)2)18-8-11-20(25-3)12-9-18/h5-14H,15H2,1-2,4H3. The molecule has 1 heterocycles. The monoisotopic (exact) mass is 411 g/mol. The number of hydrogen-bond acceptors (Lipinski definition) is 4. The van der Waals surface area contributed by atoms with Gasteiger partial charge in [-0.2, -0.15) is 9.36 Å². The van der Waals surface area contributed by atoms with Crippen molar-refractivity contribution in [1.82, 2.24) is 19.8 Å². The highest BCUT2D eigenvalue weighted by Crippen LogP contribution is 2.29. The van der Waals surface area contributed by atoms with E-state index in [1.807, 2.05) is 68.4 Å². The van der Waals surface area contributed by atoms with E-state index in [1.165, 1.54) is 9.36 Å². The van der Waals surface area contributed by atoms with Crippen LogP contribution in [-0.4, -0.2) is 19.8 Å². The molecule has 154 valence electrons. The summed E-state index contributed by atoms with van der Waals surface area (Å²) in [4.78, 5) is 15.7. The van der Waals surface area contributed by atoms with E-state index in [0.29, 0.717) is 18.0 Å². The number of ether oxygens (including phenoxy) is 1. The maximum Gasteiger partial charge on any atom is 0.368 e. The zero-order chi connectivity index (χ0) is 22.0. The number of tetrazole rings is 1. The highest BCUT2D eigenvalue weighted by molar-refractivity contribution is 5.68. The Labute approximate surface area is 179 Å². The fraction of sp³-hybridized carbons (Fsp3) is 0.167. The Bertz CT molecular complexity index is 1340. The average molecular weight is 411 g/mol.